The number of methoxy groups -OCH3 is 1. The van der Waals surface area contributed by atoms with Crippen LogP contribution in [0.15, 0.2) is 42.6 Å². The summed E-state index contributed by atoms with van der Waals surface area (Å²) in [6, 6.07) is 10.3. The van der Waals surface area contributed by atoms with Crippen LogP contribution in [-0.4, -0.2) is 29.3 Å². The first kappa shape index (κ1) is 14.3. The molecule has 1 aliphatic carbocycles. The normalized spacial score (nSPS) is 19.4. The Kier molecular flexibility index (Phi) is 3.93. The van der Waals surface area contributed by atoms with E-state index in [-0.39, 0.29) is 6.04 Å². The van der Waals surface area contributed by atoms with Gasteiger partial charge in [-0.15, -0.1) is 0 Å². The second-order valence-corrected chi connectivity index (χ2v) is 5.11. The molecule has 0 fully saturated rings. The Morgan fingerprint density at radius 1 is 1.32 bits per heavy atom. The monoisotopic (exact) mass is 299 g/mol. The molecule has 1 aliphatic rings. The highest BCUT2D eigenvalue weighted by Crippen LogP contribution is 2.31. The van der Waals surface area contributed by atoms with E-state index in [0.29, 0.717) is 18.0 Å². The molecule has 0 aliphatic heterocycles. The minimum atomic E-state index is -0.701. The van der Waals surface area contributed by atoms with Gasteiger partial charge in [-0.05, 0) is 29.7 Å². The molecule has 1 aromatic carbocycles. The third kappa shape index (κ3) is 2.73. The molecule has 22 heavy (non-hydrogen) atoms. The van der Waals surface area contributed by atoms with Crippen molar-refractivity contribution >= 4 is 11.8 Å². The van der Waals surface area contributed by atoms with E-state index in [1.807, 2.05) is 24.3 Å². The van der Waals surface area contributed by atoms with Crippen LogP contribution in [0.3, 0.4) is 0 Å². The van der Waals surface area contributed by atoms with Crippen LogP contribution < -0.4 is 15.4 Å². The average Bonchev–Trinajstić information content (AvgIpc) is 2.84. The molecule has 6 nitrogen and oxygen atoms in total. The van der Waals surface area contributed by atoms with Crippen LogP contribution in [-0.2, 0) is 6.42 Å². The molecule has 0 saturated carbocycles. The highest BCUT2D eigenvalue weighted by atomic mass is 16.5. The quantitative estimate of drug-likeness (QED) is 0.808. The number of fused-ring (bicyclic) bond motifs is 1. The van der Waals surface area contributed by atoms with Crippen LogP contribution in [0, 0.1) is 0 Å². The van der Waals surface area contributed by atoms with E-state index < -0.39 is 12.1 Å². The third-order valence-corrected chi connectivity index (χ3v) is 3.73. The van der Waals surface area contributed by atoms with Crippen LogP contribution in [0.1, 0.15) is 17.2 Å². The van der Waals surface area contributed by atoms with E-state index in [9.17, 15) is 9.90 Å². The van der Waals surface area contributed by atoms with E-state index in [4.69, 9.17) is 4.74 Å². The van der Waals surface area contributed by atoms with Crippen molar-refractivity contribution in [1.82, 2.24) is 10.3 Å². The van der Waals surface area contributed by atoms with Crippen molar-refractivity contribution in [1.29, 1.82) is 0 Å². The van der Waals surface area contributed by atoms with Gasteiger partial charge in [0, 0.05) is 6.20 Å². The number of urea groups is 1. The first-order valence-electron chi connectivity index (χ1n) is 7.01. The van der Waals surface area contributed by atoms with Crippen LogP contribution in [0.5, 0.6) is 5.75 Å². The lowest BCUT2D eigenvalue weighted by Gasteiger charge is -2.17. The summed E-state index contributed by atoms with van der Waals surface area (Å²) < 4.78 is 5.13. The molecule has 2 atom stereocenters. The van der Waals surface area contributed by atoms with Gasteiger partial charge < -0.3 is 15.2 Å². The van der Waals surface area contributed by atoms with Gasteiger partial charge in [0.2, 0.25) is 0 Å². The van der Waals surface area contributed by atoms with E-state index in [1.54, 1.807) is 18.3 Å². The Hall–Kier alpha value is -2.60. The summed E-state index contributed by atoms with van der Waals surface area (Å²) in [5.74, 6) is 0.820. The molecule has 0 unspecified atom stereocenters. The number of carbonyl (C=O) groups excluding carboxylic acids is 1. The smallest absolute Gasteiger partial charge is 0.320 e. The molecule has 3 rings (SSSR count). The van der Waals surface area contributed by atoms with Crippen molar-refractivity contribution in [2.75, 3.05) is 12.4 Å². The number of aromatic nitrogens is 1. The number of hydrogen-bond donors (Lipinski definition) is 3. The fourth-order valence-electron chi connectivity index (χ4n) is 2.67. The van der Waals surface area contributed by atoms with Gasteiger partial charge >= 0.3 is 6.03 Å². The van der Waals surface area contributed by atoms with Gasteiger partial charge in [0.05, 0.1) is 19.3 Å². The number of benzene rings is 1. The molecule has 2 amide bonds. The summed E-state index contributed by atoms with van der Waals surface area (Å²) >= 11 is 0. The number of nitrogens with zero attached hydrogens (tertiary/aromatic N) is 1. The van der Waals surface area contributed by atoms with E-state index in [0.717, 1.165) is 11.1 Å². The van der Waals surface area contributed by atoms with Crippen LogP contribution in [0.25, 0.3) is 0 Å². The maximum Gasteiger partial charge on any atom is 0.320 e. The first-order chi connectivity index (χ1) is 10.7. The number of nitrogens with one attached hydrogen (secondary N) is 2. The molecule has 0 bridgehead atoms. The molecule has 114 valence electrons. The summed E-state index contributed by atoms with van der Waals surface area (Å²) in [5, 5.41) is 15.7. The van der Waals surface area contributed by atoms with Crippen LogP contribution in [0.4, 0.5) is 10.6 Å². The van der Waals surface area contributed by atoms with Gasteiger partial charge in [-0.2, -0.15) is 0 Å². The molecule has 1 heterocycles. The van der Waals surface area contributed by atoms with E-state index >= 15 is 0 Å². The number of amides is 2. The fraction of sp³-hybridized carbons (Fsp3) is 0.250. The number of rotatable bonds is 3. The zero-order chi connectivity index (χ0) is 15.5. The van der Waals surface area contributed by atoms with Gasteiger partial charge in [0.1, 0.15) is 0 Å². The molecule has 2 aromatic rings. The number of aliphatic hydroxyl groups is 1. The van der Waals surface area contributed by atoms with E-state index in [1.165, 1.54) is 7.11 Å². The topological polar surface area (TPSA) is 83.5 Å². The Labute approximate surface area is 128 Å². The second kappa shape index (κ2) is 6.03. The number of pyridine rings is 1. The van der Waals surface area contributed by atoms with Crippen molar-refractivity contribution < 1.29 is 14.6 Å². The molecular formula is C16H17N3O3. The maximum atomic E-state index is 12.1. The summed E-state index contributed by atoms with van der Waals surface area (Å²) in [4.78, 5) is 16.2. The summed E-state index contributed by atoms with van der Waals surface area (Å²) in [6.07, 6.45) is 1.47. The third-order valence-electron chi connectivity index (χ3n) is 3.73. The minimum absolute atomic E-state index is 0.340. The number of ether oxygens (including phenoxy) is 1. The molecule has 3 N–H and O–H groups in total. The van der Waals surface area contributed by atoms with Crippen molar-refractivity contribution in [3.05, 3.63) is 53.7 Å². The molecule has 0 spiro atoms. The van der Waals surface area contributed by atoms with Gasteiger partial charge in [-0.25, -0.2) is 9.78 Å². The van der Waals surface area contributed by atoms with Crippen molar-refractivity contribution in [2.24, 2.45) is 0 Å². The SMILES string of the molecule is COc1cccnc1NC(=O)N[C@@H]1Cc2ccccc2[C@H]1O. The largest absolute Gasteiger partial charge is 0.493 e. The van der Waals surface area contributed by atoms with Gasteiger partial charge in [0.15, 0.2) is 11.6 Å². The van der Waals surface area contributed by atoms with E-state index in [2.05, 4.69) is 15.6 Å². The standard InChI is InChI=1S/C16H17N3O3/c1-22-13-7-4-8-17-15(13)19-16(21)18-12-9-10-5-2-3-6-11(10)14(12)20/h2-8,12,14,20H,9H2,1H3,(H2,17,18,19,21)/t12-,14-/m1/s1. The Bertz CT molecular complexity index is 690. The Balaban J connectivity index is 1.66. The van der Waals surface area contributed by atoms with Crippen LogP contribution >= 0.6 is 0 Å². The Morgan fingerprint density at radius 3 is 2.91 bits per heavy atom. The average molecular weight is 299 g/mol. The number of carbonyl (C=O) groups is 1. The van der Waals surface area contributed by atoms with Crippen LogP contribution in [0.2, 0.25) is 0 Å². The second-order valence-electron chi connectivity index (χ2n) is 5.11. The predicted molar refractivity (Wildman–Crippen MR) is 81.8 cm³/mol. The molecule has 0 saturated heterocycles. The highest BCUT2D eigenvalue weighted by Gasteiger charge is 2.31. The number of aliphatic hydroxyl groups excluding tert-OH is 1. The molecule has 1 aromatic heterocycles. The van der Waals surface area contributed by atoms with Gasteiger partial charge in [0.25, 0.3) is 0 Å². The zero-order valence-electron chi connectivity index (χ0n) is 12.1. The predicted octanol–water partition coefficient (Wildman–Crippen LogP) is 1.87. The molecular weight excluding hydrogens is 282 g/mol. The molecule has 6 heteroatoms. The lowest BCUT2D eigenvalue weighted by Crippen LogP contribution is -2.40. The van der Waals surface area contributed by atoms with Crippen molar-refractivity contribution in [3.8, 4) is 5.75 Å². The lowest BCUT2D eigenvalue weighted by atomic mass is 10.1. The molecule has 0 radical (unpaired) electrons. The summed E-state index contributed by atoms with van der Waals surface area (Å²) in [6.45, 7) is 0. The van der Waals surface area contributed by atoms with Crippen molar-refractivity contribution in [3.63, 3.8) is 0 Å². The lowest BCUT2D eigenvalue weighted by molar-refractivity contribution is 0.145. The zero-order valence-corrected chi connectivity index (χ0v) is 12.1. The maximum absolute atomic E-state index is 12.1. The highest BCUT2D eigenvalue weighted by molar-refractivity contribution is 5.90. The van der Waals surface area contributed by atoms with Gasteiger partial charge in [-0.1, -0.05) is 24.3 Å². The Morgan fingerprint density at radius 2 is 2.14 bits per heavy atom. The number of hydrogen-bond acceptors (Lipinski definition) is 4. The van der Waals surface area contributed by atoms with Crippen molar-refractivity contribution in [2.45, 2.75) is 18.6 Å². The summed E-state index contributed by atoms with van der Waals surface area (Å²) in [7, 11) is 1.51. The fourth-order valence-corrected chi connectivity index (χ4v) is 2.67. The first-order valence-corrected chi connectivity index (χ1v) is 7.01. The minimum Gasteiger partial charge on any atom is -0.493 e. The summed E-state index contributed by atoms with van der Waals surface area (Å²) in [5.41, 5.74) is 1.92. The number of anilines is 1. The van der Waals surface area contributed by atoms with Gasteiger partial charge in [-0.3, -0.25) is 5.32 Å².